The SMILES string of the molecule is Cc1nccn1-c1ncccc1CNC(=O)N1C[C@@H](C(F)(F)F)[C@H](C(=O)O)C1. The van der Waals surface area contributed by atoms with Crippen molar-refractivity contribution >= 4 is 12.0 Å². The number of nitrogens with zero attached hydrogens (tertiary/aromatic N) is 4. The number of imidazole rings is 1. The van der Waals surface area contributed by atoms with Gasteiger partial charge < -0.3 is 15.3 Å². The summed E-state index contributed by atoms with van der Waals surface area (Å²) >= 11 is 0. The summed E-state index contributed by atoms with van der Waals surface area (Å²) in [6.07, 6.45) is 0.189. The summed E-state index contributed by atoms with van der Waals surface area (Å²) in [4.78, 5) is 32.7. The summed E-state index contributed by atoms with van der Waals surface area (Å²) < 4.78 is 40.9. The van der Waals surface area contributed by atoms with Gasteiger partial charge in [0.2, 0.25) is 0 Å². The predicted octanol–water partition coefficient (Wildman–Crippen LogP) is 1.98. The number of carboxylic acid groups (broad SMARTS) is 1. The molecule has 150 valence electrons. The Labute approximate surface area is 158 Å². The molecule has 1 aliphatic rings. The molecule has 1 aliphatic heterocycles. The van der Waals surface area contributed by atoms with Gasteiger partial charge in [0.15, 0.2) is 0 Å². The Morgan fingerprint density at radius 3 is 2.61 bits per heavy atom. The molecule has 0 unspecified atom stereocenters. The number of aryl methyl sites for hydroxylation is 1. The Kier molecular flexibility index (Phi) is 5.25. The highest BCUT2D eigenvalue weighted by atomic mass is 19.4. The van der Waals surface area contributed by atoms with E-state index < -0.39 is 43.1 Å². The third-order valence-electron chi connectivity index (χ3n) is 4.70. The minimum Gasteiger partial charge on any atom is -0.481 e. The molecule has 0 saturated carbocycles. The van der Waals surface area contributed by atoms with Crippen molar-refractivity contribution in [3.8, 4) is 5.82 Å². The first-order valence-corrected chi connectivity index (χ1v) is 8.45. The highest BCUT2D eigenvalue weighted by molar-refractivity contribution is 5.77. The van der Waals surface area contributed by atoms with Gasteiger partial charge in [0.1, 0.15) is 11.6 Å². The van der Waals surface area contributed by atoms with Crippen LogP contribution in [0.25, 0.3) is 5.82 Å². The molecule has 8 nitrogen and oxygen atoms in total. The topological polar surface area (TPSA) is 100 Å². The average Bonchev–Trinajstić information content (AvgIpc) is 3.26. The number of rotatable bonds is 4. The molecule has 2 aromatic rings. The largest absolute Gasteiger partial charge is 0.481 e. The number of nitrogens with one attached hydrogen (secondary N) is 1. The first kappa shape index (κ1) is 19.6. The Hall–Kier alpha value is -3.11. The molecule has 0 aromatic carbocycles. The van der Waals surface area contributed by atoms with E-state index in [1.54, 1.807) is 42.2 Å². The summed E-state index contributed by atoms with van der Waals surface area (Å²) in [7, 11) is 0. The van der Waals surface area contributed by atoms with Crippen LogP contribution in [-0.4, -0.2) is 55.8 Å². The number of urea groups is 1. The van der Waals surface area contributed by atoms with Crippen LogP contribution in [0.3, 0.4) is 0 Å². The third-order valence-corrected chi connectivity index (χ3v) is 4.70. The minimum atomic E-state index is -4.69. The molecule has 11 heteroatoms. The van der Waals surface area contributed by atoms with Crippen molar-refractivity contribution in [1.29, 1.82) is 0 Å². The fourth-order valence-corrected chi connectivity index (χ4v) is 3.22. The molecule has 28 heavy (non-hydrogen) atoms. The first-order valence-electron chi connectivity index (χ1n) is 8.45. The number of carbonyl (C=O) groups is 2. The molecule has 0 bridgehead atoms. The molecule has 2 aromatic heterocycles. The van der Waals surface area contributed by atoms with Crippen LogP contribution in [0.5, 0.6) is 0 Å². The standard InChI is InChI=1S/C17H18F3N5O3/c1-10-21-5-6-25(10)14-11(3-2-4-22-14)7-23-16(28)24-8-12(15(26)27)13(9-24)17(18,19)20/h2-6,12-13H,7-9H2,1H3,(H,23,28)(H,26,27)/t12-,13-/m1/s1. The van der Waals surface area contributed by atoms with Gasteiger partial charge in [0.05, 0.1) is 11.8 Å². The van der Waals surface area contributed by atoms with Crippen molar-refractivity contribution in [1.82, 2.24) is 24.8 Å². The fourth-order valence-electron chi connectivity index (χ4n) is 3.22. The summed E-state index contributed by atoms with van der Waals surface area (Å²) in [6, 6.07) is 2.65. The van der Waals surface area contributed by atoms with E-state index >= 15 is 0 Å². The number of hydrogen-bond acceptors (Lipinski definition) is 4. The molecule has 2 amide bonds. The number of alkyl halides is 3. The number of pyridine rings is 1. The Bertz CT molecular complexity index is 883. The molecular weight excluding hydrogens is 379 g/mol. The highest BCUT2D eigenvalue weighted by Crippen LogP contribution is 2.37. The highest BCUT2D eigenvalue weighted by Gasteiger charge is 2.53. The lowest BCUT2D eigenvalue weighted by molar-refractivity contribution is -0.187. The average molecular weight is 397 g/mol. The quantitative estimate of drug-likeness (QED) is 0.822. The van der Waals surface area contributed by atoms with E-state index in [2.05, 4.69) is 15.3 Å². The second-order valence-corrected chi connectivity index (χ2v) is 6.49. The van der Waals surface area contributed by atoms with E-state index in [4.69, 9.17) is 5.11 Å². The number of likely N-dealkylation sites (tertiary alicyclic amines) is 1. The van der Waals surface area contributed by atoms with Crippen LogP contribution in [0, 0.1) is 18.8 Å². The van der Waals surface area contributed by atoms with Crippen LogP contribution < -0.4 is 5.32 Å². The molecule has 1 fully saturated rings. The summed E-state index contributed by atoms with van der Waals surface area (Å²) in [5, 5.41) is 11.6. The first-order chi connectivity index (χ1) is 13.2. The Morgan fingerprint density at radius 2 is 2.04 bits per heavy atom. The summed E-state index contributed by atoms with van der Waals surface area (Å²) in [5.74, 6) is -4.10. The van der Waals surface area contributed by atoms with Crippen molar-refractivity contribution in [3.63, 3.8) is 0 Å². The molecule has 0 aliphatic carbocycles. The van der Waals surface area contributed by atoms with Crippen LogP contribution >= 0.6 is 0 Å². The second kappa shape index (κ2) is 7.49. The maximum atomic E-state index is 13.1. The molecular formula is C17H18F3N5O3. The number of hydrogen-bond donors (Lipinski definition) is 2. The Morgan fingerprint density at radius 1 is 1.29 bits per heavy atom. The van der Waals surface area contributed by atoms with Crippen LogP contribution in [0.2, 0.25) is 0 Å². The predicted molar refractivity (Wildman–Crippen MR) is 90.6 cm³/mol. The number of amides is 2. The van der Waals surface area contributed by atoms with Crippen LogP contribution in [0.4, 0.5) is 18.0 Å². The molecule has 2 N–H and O–H groups in total. The van der Waals surface area contributed by atoms with E-state index in [1.807, 2.05) is 0 Å². The minimum absolute atomic E-state index is 0.0184. The van der Waals surface area contributed by atoms with Crippen molar-refractivity contribution < 1.29 is 27.9 Å². The zero-order valence-corrected chi connectivity index (χ0v) is 14.8. The Balaban J connectivity index is 1.70. The maximum absolute atomic E-state index is 13.1. The number of aromatic nitrogens is 3. The van der Waals surface area contributed by atoms with Gasteiger partial charge in [0, 0.05) is 43.8 Å². The molecule has 1 saturated heterocycles. The van der Waals surface area contributed by atoms with Gasteiger partial charge in [-0.2, -0.15) is 13.2 Å². The van der Waals surface area contributed by atoms with E-state index in [0.717, 1.165) is 4.90 Å². The number of halogens is 3. The van der Waals surface area contributed by atoms with E-state index in [-0.39, 0.29) is 6.54 Å². The van der Waals surface area contributed by atoms with Gasteiger partial charge in [-0.05, 0) is 13.0 Å². The lowest BCUT2D eigenvalue weighted by atomic mass is 9.96. The van der Waals surface area contributed by atoms with Crippen LogP contribution in [0.15, 0.2) is 30.7 Å². The van der Waals surface area contributed by atoms with Crippen LogP contribution in [-0.2, 0) is 11.3 Å². The lowest BCUT2D eigenvalue weighted by Crippen LogP contribution is -2.39. The van der Waals surface area contributed by atoms with Gasteiger partial charge in [-0.3, -0.25) is 9.36 Å². The maximum Gasteiger partial charge on any atom is 0.394 e. The van der Waals surface area contributed by atoms with Crippen molar-refractivity contribution in [2.75, 3.05) is 13.1 Å². The molecule has 0 radical (unpaired) electrons. The van der Waals surface area contributed by atoms with Gasteiger partial charge >= 0.3 is 18.2 Å². The fraction of sp³-hybridized carbons (Fsp3) is 0.412. The molecule has 3 rings (SSSR count). The molecule has 0 spiro atoms. The normalized spacial score (nSPS) is 19.6. The zero-order valence-electron chi connectivity index (χ0n) is 14.8. The second-order valence-electron chi connectivity index (χ2n) is 6.49. The van der Waals surface area contributed by atoms with Crippen LogP contribution in [0.1, 0.15) is 11.4 Å². The van der Waals surface area contributed by atoms with Crippen molar-refractivity contribution in [2.45, 2.75) is 19.6 Å². The summed E-state index contributed by atoms with van der Waals surface area (Å²) in [6.45, 7) is 0.619. The molecule has 3 heterocycles. The van der Waals surface area contributed by atoms with Gasteiger partial charge in [-0.1, -0.05) is 6.07 Å². The van der Waals surface area contributed by atoms with E-state index in [1.165, 1.54) is 0 Å². The number of aliphatic carboxylic acids is 1. The van der Waals surface area contributed by atoms with E-state index in [0.29, 0.717) is 17.2 Å². The third kappa shape index (κ3) is 3.92. The van der Waals surface area contributed by atoms with Gasteiger partial charge in [-0.15, -0.1) is 0 Å². The lowest BCUT2D eigenvalue weighted by Gasteiger charge is -2.19. The zero-order chi connectivity index (χ0) is 20.5. The molecule has 2 atom stereocenters. The smallest absolute Gasteiger partial charge is 0.394 e. The van der Waals surface area contributed by atoms with Gasteiger partial charge in [0.25, 0.3) is 0 Å². The van der Waals surface area contributed by atoms with Crippen molar-refractivity contribution in [3.05, 3.63) is 42.1 Å². The monoisotopic (exact) mass is 397 g/mol. The van der Waals surface area contributed by atoms with Crippen molar-refractivity contribution in [2.24, 2.45) is 11.8 Å². The van der Waals surface area contributed by atoms with Gasteiger partial charge in [-0.25, -0.2) is 14.8 Å². The number of carboxylic acids is 1. The summed E-state index contributed by atoms with van der Waals surface area (Å²) in [5.41, 5.74) is 0.637. The number of carbonyl (C=O) groups excluding carboxylic acids is 1. The van der Waals surface area contributed by atoms with E-state index in [9.17, 15) is 22.8 Å².